The third kappa shape index (κ3) is 3.59. The smallest absolute Gasteiger partial charge is 0.331 e. The van der Waals surface area contributed by atoms with Crippen molar-refractivity contribution in [3.63, 3.8) is 0 Å². The Bertz CT molecular complexity index is 617. The van der Waals surface area contributed by atoms with Gasteiger partial charge in [-0.1, -0.05) is 0 Å². The van der Waals surface area contributed by atoms with Crippen molar-refractivity contribution in [2.24, 2.45) is 4.99 Å². The van der Waals surface area contributed by atoms with Crippen LogP contribution in [0, 0.1) is 0 Å². The van der Waals surface area contributed by atoms with Crippen molar-refractivity contribution in [3.8, 4) is 5.75 Å². The van der Waals surface area contributed by atoms with Gasteiger partial charge in [-0.15, -0.1) is 11.8 Å². The summed E-state index contributed by atoms with van der Waals surface area (Å²) in [5, 5.41) is 14.2. The van der Waals surface area contributed by atoms with Gasteiger partial charge in [-0.05, 0) is 6.92 Å². The monoisotopic (exact) mass is 336 g/mol. The van der Waals surface area contributed by atoms with E-state index in [0.29, 0.717) is 23.1 Å². The fraction of sp³-hybridized carbons (Fsp3) is 0.533. The Kier molecular flexibility index (Phi) is 5.02. The molecule has 1 aromatic rings. The minimum Gasteiger partial charge on any atom is -0.506 e. The average molecular weight is 336 g/mol. The van der Waals surface area contributed by atoms with E-state index in [0.717, 1.165) is 31.9 Å². The Morgan fingerprint density at radius 1 is 1.52 bits per heavy atom. The molecule has 0 amide bonds. The van der Waals surface area contributed by atoms with Crippen LogP contribution in [0.15, 0.2) is 17.3 Å². The van der Waals surface area contributed by atoms with Crippen molar-refractivity contribution in [1.82, 2.24) is 10.3 Å². The molecule has 124 valence electrons. The number of carbonyl (C=O) groups excluding carboxylic acids is 1. The zero-order valence-corrected chi connectivity index (χ0v) is 13.8. The first-order valence-corrected chi connectivity index (χ1v) is 8.70. The summed E-state index contributed by atoms with van der Waals surface area (Å²) < 4.78 is 4.98. The van der Waals surface area contributed by atoms with Crippen LogP contribution in [0.2, 0.25) is 0 Å². The van der Waals surface area contributed by atoms with Crippen molar-refractivity contribution >= 4 is 28.5 Å². The van der Waals surface area contributed by atoms with Crippen LogP contribution in [0.3, 0.4) is 0 Å². The number of aromatic hydroxyl groups is 1. The lowest BCUT2D eigenvalue weighted by molar-refractivity contribution is -0.143. The number of ether oxygens (including phenoxy) is 1. The third-order valence-corrected chi connectivity index (χ3v) is 4.80. The van der Waals surface area contributed by atoms with Gasteiger partial charge in [0, 0.05) is 38.0 Å². The first-order chi connectivity index (χ1) is 11.2. The molecule has 1 saturated heterocycles. The van der Waals surface area contributed by atoms with Crippen molar-refractivity contribution < 1.29 is 14.6 Å². The molecule has 0 unspecified atom stereocenters. The predicted octanol–water partition coefficient (Wildman–Crippen LogP) is 0.622. The maximum Gasteiger partial charge on any atom is 0.331 e. The summed E-state index contributed by atoms with van der Waals surface area (Å²) in [4.78, 5) is 22.6. The molecule has 3 heterocycles. The van der Waals surface area contributed by atoms with Crippen molar-refractivity contribution in [1.29, 1.82) is 0 Å². The number of anilines is 1. The van der Waals surface area contributed by atoms with E-state index in [1.165, 1.54) is 11.8 Å². The molecule has 7 nitrogen and oxygen atoms in total. The van der Waals surface area contributed by atoms with Crippen LogP contribution in [0.4, 0.5) is 5.69 Å². The Morgan fingerprint density at radius 2 is 2.30 bits per heavy atom. The summed E-state index contributed by atoms with van der Waals surface area (Å²) in [6, 6.07) is 1.21. The van der Waals surface area contributed by atoms with Crippen LogP contribution in [0.25, 0.3) is 0 Å². The number of nitrogens with zero attached hydrogens (tertiary/aromatic N) is 3. The first-order valence-electron chi connectivity index (χ1n) is 7.71. The fourth-order valence-electron chi connectivity index (χ4n) is 2.57. The lowest BCUT2D eigenvalue weighted by atomic mass is 10.2. The number of nitrogens with one attached hydrogen (secondary N) is 1. The summed E-state index contributed by atoms with van der Waals surface area (Å²) in [5.74, 6) is 0.290. The molecule has 23 heavy (non-hydrogen) atoms. The largest absolute Gasteiger partial charge is 0.506 e. The molecular formula is C15H20N4O3S. The van der Waals surface area contributed by atoms with Gasteiger partial charge < -0.3 is 20.1 Å². The second-order valence-corrected chi connectivity index (χ2v) is 6.32. The van der Waals surface area contributed by atoms with Crippen LogP contribution >= 0.6 is 11.8 Å². The highest BCUT2D eigenvalue weighted by Gasteiger charge is 2.28. The zero-order valence-electron chi connectivity index (χ0n) is 13.0. The molecule has 0 spiro atoms. The molecule has 2 N–H and O–H groups in total. The summed E-state index contributed by atoms with van der Waals surface area (Å²) >= 11 is 1.42. The van der Waals surface area contributed by atoms with Crippen LogP contribution in [-0.4, -0.2) is 65.7 Å². The van der Waals surface area contributed by atoms with Gasteiger partial charge in [0.2, 0.25) is 0 Å². The molecule has 0 aliphatic carbocycles. The summed E-state index contributed by atoms with van der Waals surface area (Å²) in [6.07, 6.45) is 1.75. The average Bonchev–Trinajstić information content (AvgIpc) is 3.05. The highest BCUT2D eigenvalue weighted by atomic mass is 32.2. The summed E-state index contributed by atoms with van der Waals surface area (Å²) in [7, 11) is 0. The van der Waals surface area contributed by atoms with Gasteiger partial charge in [0.15, 0.2) is 6.04 Å². The molecule has 0 saturated carbocycles. The normalized spacial score (nSPS) is 21.2. The molecule has 2 aliphatic rings. The maximum atomic E-state index is 11.7. The quantitative estimate of drug-likeness (QED) is 0.780. The highest BCUT2D eigenvalue weighted by Crippen LogP contribution is 2.30. The van der Waals surface area contributed by atoms with Gasteiger partial charge in [0.05, 0.1) is 18.5 Å². The molecule has 0 bridgehead atoms. The number of aromatic nitrogens is 1. The van der Waals surface area contributed by atoms with Gasteiger partial charge in [-0.2, -0.15) is 0 Å². The lowest BCUT2D eigenvalue weighted by Crippen LogP contribution is -2.43. The molecule has 3 rings (SSSR count). The summed E-state index contributed by atoms with van der Waals surface area (Å²) in [6.45, 7) is 5.74. The Morgan fingerprint density at radius 3 is 3.00 bits per heavy atom. The Balaban J connectivity index is 1.76. The number of hydrogen-bond donors (Lipinski definition) is 2. The first kappa shape index (κ1) is 16.1. The topological polar surface area (TPSA) is 87.0 Å². The molecular weight excluding hydrogens is 316 g/mol. The predicted molar refractivity (Wildman–Crippen MR) is 90.4 cm³/mol. The lowest BCUT2D eigenvalue weighted by Gasteiger charge is -2.29. The van der Waals surface area contributed by atoms with E-state index in [4.69, 9.17) is 4.74 Å². The van der Waals surface area contributed by atoms with E-state index in [2.05, 4.69) is 20.2 Å². The van der Waals surface area contributed by atoms with Gasteiger partial charge in [0.25, 0.3) is 0 Å². The number of aliphatic imine (C=N–C) groups is 1. The number of esters is 1. The third-order valence-electron chi connectivity index (χ3n) is 3.75. The number of carbonyl (C=O) groups is 1. The van der Waals surface area contributed by atoms with Crippen LogP contribution in [0.5, 0.6) is 5.75 Å². The minimum absolute atomic E-state index is 0.0943. The van der Waals surface area contributed by atoms with E-state index in [9.17, 15) is 9.90 Å². The Hall–Kier alpha value is -1.80. The van der Waals surface area contributed by atoms with Gasteiger partial charge in [-0.3, -0.25) is 4.99 Å². The molecule has 8 heteroatoms. The number of pyridine rings is 1. The van der Waals surface area contributed by atoms with E-state index in [1.807, 2.05) is 0 Å². The second-order valence-electron chi connectivity index (χ2n) is 5.31. The SMILES string of the molecule is CCOC(=O)[C@H]1CSC(c2ncc(N3CCNCC3)cc2O)=N1. The fourth-order valence-corrected chi connectivity index (χ4v) is 3.59. The second kappa shape index (κ2) is 7.18. The van der Waals surface area contributed by atoms with Crippen molar-refractivity contribution in [2.75, 3.05) is 43.4 Å². The summed E-state index contributed by atoms with van der Waals surface area (Å²) in [5.41, 5.74) is 1.33. The number of piperazine rings is 1. The Labute approximate surface area is 139 Å². The van der Waals surface area contributed by atoms with E-state index >= 15 is 0 Å². The van der Waals surface area contributed by atoms with Crippen molar-refractivity contribution in [2.45, 2.75) is 13.0 Å². The molecule has 1 aromatic heterocycles. The molecule has 1 atom stereocenters. The van der Waals surface area contributed by atoms with E-state index < -0.39 is 6.04 Å². The highest BCUT2D eigenvalue weighted by molar-refractivity contribution is 8.14. The van der Waals surface area contributed by atoms with Crippen molar-refractivity contribution in [3.05, 3.63) is 18.0 Å². The van der Waals surface area contributed by atoms with Gasteiger partial charge >= 0.3 is 5.97 Å². The molecule has 0 aromatic carbocycles. The van der Waals surface area contributed by atoms with Gasteiger partial charge in [0.1, 0.15) is 16.5 Å². The van der Waals surface area contributed by atoms with E-state index in [-0.39, 0.29) is 11.7 Å². The molecule has 1 fully saturated rings. The van der Waals surface area contributed by atoms with Crippen LogP contribution in [-0.2, 0) is 9.53 Å². The maximum absolute atomic E-state index is 11.7. The van der Waals surface area contributed by atoms with Gasteiger partial charge in [-0.25, -0.2) is 9.78 Å². The number of rotatable bonds is 4. The minimum atomic E-state index is -0.510. The van der Waals surface area contributed by atoms with E-state index in [1.54, 1.807) is 19.2 Å². The molecule has 0 radical (unpaired) electrons. The number of hydrogen-bond acceptors (Lipinski definition) is 8. The zero-order chi connectivity index (χ0) is 16.2. The van der Waals surface area contributed by atoms with Crippen LogP contribution < -0.4 is 10.2 Å². The standard InChI is InChI=1S/C15H20N4O3S/c1-2-22-15(21)11-9-23-14(18-11)13-12(20)7-10(8-17-13)19-5-3-16-4-6-19/h7-8,11,16,20H,2-6,9H2,1H3/t11-/m1/s1. The molecule has 2 aliphatic heterocycles. The van der Waals surface area contributed by atoms with Crippen LogP contribution in [0.1, 0.15) is 12.6 Å². The number of thioether (sulfide) groups is 1.